The molecule has 0 saturated heterocycles. The summed E-state index contributed by atoms with van der Waals surface area (Å²) < 4.78 is 22.1. The number of hydrogen-bond donors (Lipinski definition) is 1. The highest BCUT2D eigenvalue weighted by atomic mass is 35.5. The fraction of sp³-hybridized carbons (Fsp3) is 0.346. The van der Waals surface area contributed by atoms with Crippen LogP contribution in [0.25, 0.3) is 0 Å². The zero-order valence-electron chi connectivity index (χ0n) is 19.3. The summed E-state index contributed by atoms with van der Waals surface area (Å²) in [6.07, 6.45) is 4.43. The Labute approximate surface area is 207 Å². The van der Waals surface area contributed by atoms with E-state index in [1.807, 2.05) is 30.3 Å². The van der Waals surface area contributed by atoms with E-state index in [-0.39, 0.29) is 22.4 Å². The number of halogens is 2. The number of anilines is 1. The van der Waals surface area contributed by atoms with Gasteiger partial charge >= 0.3 is 6.09 Å². The van der Waals surface area contributed by atoms with Crippen LogP contribution in [-0.2, 0) is 11.3 Å². The zero-order chi connectivity index (χ0) is 24.5. The maximum atomic E-state index is 14.9. The Morgan fingerprint density at radius 2 is 2.06 bits per heavy atom. The molecule has 1 saturated carbocycles. The minimum Gasteiger partial charge on any atom is -0.441 e. The van der Waals surface area contributed by atoms with Gasteiger partial charge in [0.05, 0.1) is 34.6 Å². The van der Waals surface area contributed by atoms with Crippen LogP contribution < -0.4 is 5.32 Å². The van der Waals surface area contributed by atoms with Gasteiger partial charge in [0.25, 0.3) is 5.91 Å². The van der Waals surface area contributed by atoms with Gasteiger partial charge in [0.1, 0.15) is 6.10 Å². The van der Waals surface area contributed by atoms with E-state index < -0.39 is 18.0 Å². The van der Waals surface area contributed by atoms with Crippen LogP contribution in [0, 0.1) is 17.7 Å². The second-order valence-corrected chi connectivity index (χ2v) is 9.68. The van der Waals surface area contributed by atoms with E-state index in [1.165, 1.54) is 6.07 Å². The number of benzene rings is 2. The van der Waals surface area contributed by atoms with Crippen molar-refractivity contribution in [2.75, 3.05) is 18.9 Å². The Hall–Kier alpha value is -3.39. The number of amides is 2. The molecule has 1 aliphatic heterocycles. The number of ether oxygens (including phenoxy) is 1. The number of carbonyl (C=O) groups excluding carboxylic acids is 2. The standard InChI is InChI=1S/C26H26ClFN4O3/c1-31(25(33)19-12-29-32(15-19)13-16-5-3-2-4-6-16)14-18(17-7-8-17)11-22-23-21(30-26(34)35-22)10-9-20(27)24(23)28/h2-6,9-10,12,15,17-18,22H,7-8,11,13-14H2,1H3,(H,30,34). The molecule has 2 amide bonds. The van der Waals surface area contributed by atoms with Crippen molar-refractivity contribution in [1.82, 2.24) is 14.7 Å². The molecular formula is C26H26ClFN4O3. The third kappa shape index (κ3) is 5.17. The molecule has 35 heavy (non-hydrogen) atoms. The van der Waals surface area contributed by atoms with Crippen LogP contribution in [0.4, 0.5) is 14.9 Å². The first-order valence-electron chi connectivity index (χ1n) is 11.7. The number of fused-ring (bicyclic) bond motifs is 1. The molecule has 1 fully saturated rings. The van der Waals surface area contributed by atoms with Gasteiger partial charge in [-0.15, -0.1) is 0 Å². The summed E-state index contributed by atoms with van der Waals surface area (Å²) in [6, 6.07) is 12.9. The van der Waals surface area contributed by atoms with E-state index in [0.717, 1.165) is 18.4 Å². The third-order valence-electron chi connectivity index (χ3n) is 6.67. The molecule has 0 radical (unpaired) electrons. The Bertz CT molecular complexity index is 1240. The predicted octanol–water partition coefficient (Wildman–Crippen LogP) is 5.52. The molecule has 7 nitrogen and oxygen atoms in total. The molecule has 0 bridgehead atoms. The van der Waals surface area contributed by atoms with Crippen LogP contribution in [0.15, 0.2) is 54.9 Å². The quantitative estimate of drug-likeness (QED) is 0.446. The number of nitrogens with zero attached hydrogens (tertiary/aromatic N) is 3. The normalized spacial score (nSPS) is 17.8. The van der Waals surface area contributed by atoms with E-state index >= 15 is 0 Å². The fourth-order valence-corrected chi connectivity index (χ4v) is 4.89. The van der Waals surface area contributed by atoms with Gasteiger partial charge in [0.15, 0.2) is 5.82 Å². The van der Waals surface area contributed by atoms with Crippen LogP contribution >= 0.6 is 11.6 Å². The van der Waals surface area contributed by atoms with Gasteiger partial charge in [-0.2, -0.15) is 5.10 Å². The summed E-state index contributed by atoms with van der Waals surface area (Å²) in [5, 5.41) is 6.86. The first kappa shape index (κ1) is 23.4. The number of carbonyl (C=O) groups is 2. The minimum absolute atomic E-state index is 0.0173. The summed E-state index contributed by atoms with van der Waals surface area (Å²) in [6.45, 7) is 1.05. The average Bonchev–Trinajstić information content (AvgIpc) is 3.59. The Balaban J connectivity index is 1.28. The third-order valence-corrected chi connectivity index (χ3v) is 6.96. The van der Waals surface area contributed by atoms with Crippen molar-refractivity contribution in [1.29, 1.82) is 0 Å². The molecule has 1 N–H and O–H groups in total. The van der Waals surface area contributed by atoms with Crippen molar-refractivity contribution < 1.29 is 18.7 Å². The number of hydrogen-bond acceptors (Lipinski definition) is 4. The van der Waals surface area contributed by atoms with Gasteiger partial charge in [-0.25, -0.2) is 9.18 Å². The predicted molar refractivity (Wildman–Crippen MR) is 130 cm³/mol. The van der Waals surface area contributed by atoms with Gasteiger partial charge in [0.2, 0.25) is 0 Å². The van der Waals surface area contributed by atoms with Crippen molar-refractivity contribution in [3.05, 3.63) is 82.4 Å². The Morgan fingerprint density at radius 1 is 1.29 bits per heavy atom. The highest BCUT2D eigenvalue weighted by molar-refractivity contribution is 6.31. The Morgan fingerprint density at radius 3 is 2.80 bits per heavy atom. The van der Waals surface area contributed by atoms with Crippen molar-refractivity contribution in [3.63, 3.8) is 0 Å². The number of cyclic esters (lactones) is 1. The van der Waals surface area contributed by atoms with Crippen LogP contribution in [0.3, 0.4) is 0 Å². The van der Waals surface area contributed by atoms with E-state index in [4.69, 9.17) is 16.3 Å². The number of nitrogens with one attached hydrogen (secondary N) is 1. The second kappa shape index (κ2) is 9.70. The summed E-state index contributed by atoms with van der Waals surface area (Å²) >= 11 is 6.00. The van der Waals surface area contributed by atoms with Crippen LogP contribution in [0.5, 0.6) is 0 Å². The van der Waals surface area contributed by atoms with E-state index in [9.17, 15) is 14.0 Å². The zero-order valence-corrected chi connectivity index (χ0v) is 20.0. The molecule has 1 aromatic heterocycles. The molecule has 2 aromatic carbocycles. The average molecular weight is 497 g/mol. The maximum absolute atomic E-state index is 14.9. The maximum Gasteiger partial charge on any atom is 0.412 e. The topological polar surface area (TPSA) is 76.5 Å². The molecule has 1 aliphatic carbocycles. The largest absolute Gasteiger partial charge is 0.441 e. The van der Waals surface area contributed by atoms with Gasteiger partial charge in [-0.1, -0.05) is 41.9 Å². The summed E-state index contributed by atoms with van der Waals surface area (Å²) in [7, 11) is 1.76. The van der Waals surface area contributed by atoms with Crippen LogP contribution in [-0.4, -0.2) is 40.3 Å². The smallest absolute Gasteiger partial charge is 0.412 e. The molecular weight excluding hydrogens is 471 g/mol. The highest BCUT2D eigenvalue weighted by Gasteiger charge is 2.39. The lowest BCUT2D eigenvalue weighted by atomic mass is 9.90. The Kier molecular flexibility index (Phi) is 6.47. The van der Waals surface area contributed by atoms with Gasteiger partial charge in [-0.3, -0.25) is 14.8 Å². The number of aromatic nitrogens is 2. The summed E-state index contributed by atoms with van der Waals surface area (Å²) in [5.41, 5.74) is 2.24. The molecule has 2 unspecified atom stereocenters. The SMILES string of the molecule is CN(CC(CC1OC(=O)Nc2ccc(Cl)c(F)c21)C1CC1)C(=O)c1cnn(Cc2ccccc2)c1. The molecule has 2 atom stereocenters. The van der Waals surface area contributed by atoms with E-state index in [1.54, 1.807) is 35.1 Å². The molecule has 5 rings (SSSR count). The summed E-state index contributed by atoms with van der Waals surface area (Å²) in [5.74, 6) is -0.276. The molecule has 182 valence electrons. The fourth-order valence-electron chi connectivity index (χ4n) is 4.73. The van der Waals surface area contributed by atoms with Crippen LogP contribution in [0.2, 0.25) is 5.02 Å². The monoisotopic (exact) mass is 496 g/mol. The highest BCUT2D eigenvalue weighted by Crippen LogP contribution is 2.45. The number of rotatable bonds is 8. The lowest BCUT2D eigenvalue weighted by Crippen LogP contribution is -2.34. The van der Waals surface area contributed by atoms with Crippen LogP contribution in [0.1, 0.15) is 46.9 Å². The molecule has 2 heterocycles. The molecule has 0 spiro atoms. The van der Waals surface area contributed by atoms with Gasteiger partial charge in [-0.05, 0) is 48.8 Å². The van der Waals surface area contributed by atoms with Gasteiger partial charge < -0.3 is 9.64 Å². The molecule has 9 heteroatoms. The second-order valence-electron chi connectivity index (χ2n) is 9.27. The first-order chi connectivity index (χ1) is 16.9. The molecule has 2 aliphatic rings. The van der Waals surface area contributed by atoms with Crippen molar-refractivity contribution in [2.24, 2.45) is 11.8 Å². The minimum atomic E-state index is -0.764. The van der Waals surface area contributed by atoms with E-state index in [0.29, 0.717) is 36.7 Å². The van der Waals surface area contributed by atoms with Crippen molar-refractivity contribution in [2.45, 2.75) is 31.9 Å². The van der Waals surface area contributed by atoms with Crippen molar-refractivity contribution in [3.8, 4) is 0 Å². The van der Waals surface area contributed by atoms with Crippen molar-refractivity contribution >= 4 is 29.3 Å². The lowest BCUT2D eigenvalue weighted by molar-refractivity contribution is 0.0654. The molecule has 3 aromatic rings. The van der Waals surface area contributed by atoms with Gasteiger partial charge in [0, 0.05) is 19.8 Å². The van der Waals surface area contributed by atoms with E-state index in [2.05, 4.69) is 10.4 Å². The summed E-state index contributed by atoms with van der Waals surface area (Å²) in [4.78, 5) is 26.9. The lowest BCUT2D eigenvalue weighted by Gasteiger charge is -2.31. The first-order valence-corrected chi connectivity index (χ1v) is 12.0.